The second kappa shape index (κ2) is 8.44. The Morgan fingerprint density at radius 3 is 2.69 bits per heavy atom. The molecule has 1 aliphatic heterocycles. The minimum absolute atomic E-state index is 0.0139. The summed E-state index contributed by atoms with van der Waals surface area (Å²) in [6, 6.07) is 22.4. The number of fused-ring (bicyclic) bond motifs is 1. The van der Waals surface area contributed by atoms with Gasteiger partial charge in [0.05, 0.1) is 5.69 Å². The molecule has 3 aromatic rings. The second-order valence-corrected chi connectivity index (χ2v) is 6.56. The van der Waals surface area contributed by atoms with Crippen molar-refractivity contribution >= 4 is 23.5 Å². The summed E-state index contributed by atoms with van der Waals surface area (Å²) in [5.41, 5.74) is 2.85. The molecule has 29 heavy (non-hydrogen) atoms. The first-order valence-electron chi connectivity index (χ1n) is 9.24. The average Bonchev–Trinajstić information content (AvgIpc) is 2.76. The molecule has 1 amide bonds. The number of para-hydroxylation sites is 1. The molecule has 0 aliphatic carbocycles. The van der Waals surface area contributed by atoms with Gasteiger partial charge in [0.25, 0.3) is 5.91 Å². The minimum atomic E-state index is -0.234. The van der Waals surface area contributed by atoms with Crippen molar-refractivity contribution in [3.05, 3.63) is 95.6 Å². The van der Waals surface area contributed by atoms with E-state index < -0.39 is 0 Å². The van der Waals surface area contributed by atoms with Gasteiger partial charge in [0, 0.05) is 11.1 Å². The van der Waals surface area contributed by atoms with Gasteiger partial charge in [-0.15, -0.1) is 0 Å². The number of ether oxygens (including phenoxy) is 2. The van der Waals surface area contributed by atoms with E-state index in [4.69, 9.17) is 9.47 Å². The number of benzene rings is 3. The SMILES string of the molecule is O=C1COc2ccc(C(=O)/C=C/c3ccccc3OCc3ccccc3)cc2N1. The van der Waals surface area contributed by atoms with E-state index >= 15 is 0 Å². The third kappa shape index (κ3) is 4.52. The summed E-state index contributed by atoms with van der Waals surface area (Å²) in [6.45, 7) is 0.435. The van der Waals surface area contributed by atoms with Crippen molar-refractivity contribution in [1.82, 2.24) is 0 Å². The lowest BCUT2D eigenvalue weighted by atomic mass is 10.1. The van der Waals surface area contributed by atoms with E-state index in [1.165, 1.54) is 6.08 Å². The van der Waals surface area contributed by atoms with Crippen LogP contribution in [0.3, 0.4) is 0 Å². The molecule has 0 aromatic heterocycles. The maximum atomic E-state index is 12.6. The molecule has 0 spiro atoms. The third-order valence-electron chi connectivity index (χ3n) is 4.47. The van der Waals surface area contributed by atoms with Crippen LogP contribution in [0.15, 0.2) is 78.9 Å². The Kier molecular flexibility index (Phi) is 5.38. The predicted molar refractivity (Wildman–Crippen MR) is 111 cm³/mol. The largest absolute Gasteiger partial charge is 0.488 e. The summed E-state index contributed by atoms with van der Waals surface area (Å²) >= 11 is 0. The van der Waals surface area contributed by atoms with Crippen LogP contribution in [0.2, 0.25) is 0 Å². The number of amides is 1. The molecule has 4 rings (SSSR count). The quantitative estimate of drug-likeness (QED) is 0.501. The maximum Gasteiger partial charge on any atom is 0.262 e. The lowest BCUT2D eigenvalue weighted by molar-refractivity contribution is -0.118. The van der Waals surface area contributed by atoms with Gasteiger partial charge in [-0.05, 0) is 42.0 Å². The monoisotopic (exact) mass is 385 g/mol. The van der Waals surface area contributed by atoms with Gasteiger partial charge >= 0.3 is 0 Å². The van der Waals surface area contributed by atoms with Crippen molar-refractivity contribution < 1.29 is 19.1 Å². The summed E-state index contributed by atoms with van der Waals surface area (Å²) < 4.78 is 11.2. The van der Waals surface area contributed by atoms with E-state index in [0.717, 1.165) is 11.1 Å². The number of rotatable bonds is 6. The van der Waals surface area contributed by atoms with E-state index in [9.17, 15) is 9.59 Å². The van der Waals surface area contributed by atoms with Crippen LogP contribution in [0.5, 0.6) is 11.5 Å². The number of hydrogen-bond donors (Lipinski definition) is 1. The van der Waals surface area contributed by atoms with Crippen molar-refractivity contribution in [3.63, 3.8) is 0 Å². The Bertz CT molecular complexity index is 1070. The maximum absolute atomic E-state index is 12.6. The molecular formula is C24H19NO4. The highest BCUT2D eigenvalue weighted by Crippen LogP contribution is 2.29. The summed E-state index contributed by atoms with van der Waals surface area (Å²) in [5, 5.41) is 2.71. The standard InChI is InChI=1S/C24H19NO4/c26-21(19-11-13-23-20(14-19)25-24(27)16-29-23)12-10-18-8-4-5-9-22(18)28-15-17-6-2-1-3-7-17/h1-14H,15-16H2,(H,25,27)/b12-10+. The van der Waals surface area contributed by atoms with Crippen molar-refractivity contribution in [2.45, 2.75) is 6.61 Å². The number of hydrogen-bond acceptors (Lipinski definition) is 4. The van der Waals surface area contributed by atoms with Gasteiger partial charge in [0.1, 0.15) is 18.1 Å². The van der Waals surface area contributed by atoms with Crippen molar-refractivity contribution in [2.75, 3.05) is 11.9 Å². The van der Waals surface area contributed by atoms with Crippen molar-refractivity contribution in [1.29, 1.82) is 0 Å². The molecule has 0 unspecified atom stereocenters. The van der Waals surface area contributed by atoms with Crippen LogP contribution in [-0.4, -0.2) is 18.3 Å². The molecule has 144 valence electrons. The number of allylic oxidation sites excluding steroid dienone is 1. The first-order valence-corrected chi connectivity index (χ1v) is 9.24. The molecule has 1 N–H and O–H groups in total. The highest BCUT2D eigenvalue weighted by molar-refractivity contribution is 6.08. The lowest BCUT2D eigenvalue weighted by Gasteiger charge is -2.18. The molecule has 0 radical (unpaired) electrons. The van der Waals surface area contributed by atoms with Gasteiger partial charge in [-0.3, -0.25) is 9.59 Å². The number of ketones is 1. The van der Waals surface area contributed by atoms with E-state index in [1.807, 2.05) is 54.6 Å². The normalized spacial score (nSPS) is 12.8. The Hall–Kier alpha value is -3.86. The fourth-order valence-electron chi connectivity index (χ4n) is 2.98. The molecule has 1 aliphatic rings. The smallest absolute Gasteiger partial charge is 0.262 e. The number of nitrogens with one attached hydrogen (secondary N) is 1. The average molecular weight is 385 g/mol. The van der Waals surface area contributed by atoms with Gasteiger partial charge in [-0.2, -0.15) is 0 Å². The molecule has 0 bridgehead atoms. The Morgan fingerprint density at radius 1 is 1.03 bits per heavy atom. The Balaban J connectivity index is 1.48. The van der Waals surface area contributed by atoms with Crippen molar-refractivity contribution in [3.8, 4) is 11.5 Å². The van der Waals surface area contributed by atoms with Crippen LogP contribution in [0.25, 0.3) is 6.08 Å². The molecule has 5 nitrogen and oxygen atoms in total. The fraction of sp³-hybridized carbons (Fsp3) is 0.0833. The van der Waals surface area contributed by atoms with Gasteiger partial charge in [0.2, 0.25) is 0 Å². The van der Waals surface area contributed by atoms with Gasteiger partial charge in [-0.25, -0.2) is 0 Å². The summed E-state index contributed by atoms with van der Waals surface area (Å²) in [7, 11) is 0. The molecule has 0 saturated heterocycles. The minimum Gasteiger partial charge on any atom is -0.488 e. The first kappa shape index (κ1) is 18.5. The topological polar surface area (TPSA) is 64.6 Å². The van der Waals surface area contributed by atoms with Crippen LogP contribution in [0.4, 0.5) is 5.69 Å². The molecule has 1 heterocycles. The fourth-order valence-corrected chi connectivity index (χ4v) is 2.98. The van der Waals surface area contributed by atoms with Crippen LogP contribution in [-0.2, 0) is 11.4 Å². The van der Waals surface area contributed by atoms with Crippen LogP contribution >= 0.6 is 0 Å². The van der Waals surface area contributed by atoms with E-state index in [2.05, 4.69) is 5.32 Å². The third-order valence-corrected chi connectivity index (χ3v) is 4.47. The van der Waals surface area contributed by atoms with Crippen molar-refractivity contribution in [2.24, 2.45) is 0 Å². The molecule has 0 fully saturated rings. The predicted octanol–water partition coefficient (Wildman–Crippen LogP) is 4.49. The second-order valence-electron chi connectivity index (χ2n) is 6.56. The Labute approximate surface area is 168 Å². The van der Waals surface area contributed by atoms with Crippen LogP contribution in [0, 0.1) is 0 Å². The molecule has 5 heteroatoms. The van der Waals surface area contributed by atoms with Crippen LogP contribution in [0.1, 0.15) is 21.5 Å². The highest BCUT2D eigenvalue weighted by atomic mass is 16.5. The van der Waals surface area contributed by atoms with Crippen LogP contribution < -0.4 is 14.8 Å². The lowest BCUT2D eigenvalue weighted by Crippen LogP contribution is -2.25. The Morgan fingerprint density at radius 2 is 1.83 bits per heavy atom. The number of carbonyl (C=O) groups is 2. The highest BCUT2D eigenvalue weighted by Gasteiger charge is 2.17. The molecular weight excluding hydrogens is 366 g/mol. The molecule has 3 aromatic carbocycles. The van der Waals surface area contributed by atoms with E-state index in [1.54, 1.807) is 24.3 Å². The zero-order chi connectivity index (χ0) is 20.1. The van der Waals surface area contributed by atoms with E-state index in [-0.39, 0.29) is 18.3 Å². The number of carbonyl (C=O) groups excluding carboxylic acids is 2. The van der Waals surface area contributed by atoms with Gasteiger partial charge in [-0.1, -0.05) is 48.5 Å². The summed E-state index contributed by atoms with van der Waals surface area (Å²) in [4.78, 5) is 24.1. The molecule has 0 atom stereocenters. The van der Waals surface area contributed by atoms with Gasteiger partial charge in [0.15, 0.2) is 12.4 Å². The number of anilines is 1. The van der Waals surface area contributed by atoms with Gasteiger partial charge < -0.3 is 14.8 Å². The summed E-state index contributed by atoms with van der Waals surface area (Å²) in [6.07, 6.45) is 3.23. The van der Waals surface area contributed by atoms with E-state index in [0.29, 0.717) is 29.4 Å². The zero-order valence-electron chi connectivity index (χ0n) is 15.6. The zero-order valence-corrected chi connectivity index (χ0v) is 15.6. The summed E-state index contributed by atoms with van der Waals surface area (Å²) in [5.74, 6) is 0.851. The first-order chi connectivity index (χ1) is 14.2. The molecule has 0 saturated carbocycles.